The van der Waals surface area contributed by atoms with E-state index in [9.17, 15) is 4.57 Å². The van der Waals surface area contributed by atoms with E-state index in [2.05, 4.69) is 41.5 Å². The Hall–Kier alpha value is 0.230. The van der Waals surface area contributed by atoms with Crippen molar-refractivity contribution >= 4 is 7.14 Å². The molecular formula is C24H51OP. The summed E-state index contributed by atoms with van der Waals surface area (Å²) in [6.45, 7) is 13.8. The van der Waals surface area contributed by atoms with Crippen LogP contribution in [0.2, 0.25) is 0 Å². The first-order chi connectivity index (χ1) is 12.2. The number of hydrogen-bond acceptors (Lipinski definition) is 1. The molecule has 1 nitrogen and oxygen atoms in total. The number of hydrogen-bond donors (Lipinski definition) is 0. The normalized spacial score (nSPS) is 12.7. The largest absolute Gasteiger partial charge is 0.324 e. The van der Waals surface area contributed by atoms with Crippen molar-refractivity contribution < 1.29 is 4.57 Å². The first kappa shape index (κ1) is 26.2. The Balaban J connectivity index is 4.16. The second kappa shape index (κ2) is 16.2. The maximum absolute atomic E-state index is 13.5. The van der Waals surface area contributed by atoms with E-state index in [1.54, 1.807) is 0 Å². The predicted octanol–water partition coefficient (Wildman–Crippen LogP) is 9.00. The van der Waals surface area contributed by atoms with Crippen LogP contribution in [0.3, 0.4) is 0 Å². The second-order valence-electron chi connectivity index (χ2n) is 9.96. The molecule has 0 N–H and O–H groups in total. The van der Waals surface area contributed by atoms with Crippen LogP contribution in [0, 0.1) is 17.8 Å². The highest BCUT2D eigenvalue weighted by Gasteiger charge is 2.20. The summed E-state index contributed by atoms with van der Waals surface area (Å²) in [6, 6.07) is 0. The van der Waals surface area contributed by atoms with E-state index in [1.165, 1.54) is 77.0 Å². The predicted molar refractivity (Wildman–Crippen MR) is 122 cm³/mol. The Kier molecular flexibility index (Phi) is 16.4. The van der Waals surface area contributed by atoms with Gasteiger partial charge in [-0.1, -0.05) is 99.3 Å². The van der Waals surface area contributed by atoms with Crippen molar-refractivity contribution in [2.45, 2.75) is 119 Å². The van der Waals surface area contributed by atoms with Gasteiger partial charge in [-0.05, 0) is 37.0 Å². The SMILES string of the molecule is CC(C)CCCCCP(=O)(CCCCCC(C)C)CCCCCC(C)C. The van der Waals surface area contributed by atoms with Gasteiger partial charge in [0.1, 0.15) is 0 Å². The summed E-state index contributed by atoms with van der Waals surface area (Å²) in [5.41, 5.74) is 0. The average molecular weight is 387 g/mol. The lowest BCUT2D eigenvalue weighted by Gasteiger charge is -2.19. The maximum Gasteiger partial charge on any atom is 0.0877 e. The molecule has 0 bridgehead atoms. The molecule has 0 unspecified atom stereocenters. The topological polar surface area (TPSA) is 17.1 Å². The van der Waals surface area contributed by atoms with E-state index in [0.29, 0.717) is 0 Å². The van der Waals surface area contributed by atoms with E-state index < -0.39 is 7.14 Å². The fourth-order valence-electron chi connectivity index (χ4n) is 3.72. The molecule has 0 aromatic rings. The molecule has 0 amide bonds. The summed E-state index contributed by atoms with van der Waals surface area (Å²) in [7, 11) is -1.91. The lowest BCUT2D eigenvalue weighted by atomic mass is 10.1. The Labute approximate surface area is 166 Å². The van der Waals surface area contributed by atoms with Gasteiger partial charge in [0, 0.05) is 18.5 Å². The highest BCUT2D eigenvalue weighted by Crippen LogP contribution is 2.48. The van der Waals surface area contributed by atoms with Gasteiger partial charge in [0.15, 0.2) is 0 Å². The minimum absolute atomic E-state index is 0.809. The number of unbranched alkanes of at least 4 members (excludes halogenated alkanes) is 6. The van der Waals surface area contributed by atoms with Crippen molar-refractivity contribution in [2.24, 2.45) is 17.8 Å². The van der Waals surface area contributed by atoms with Crippen molar-refractivity contribution in [3.63, 3.8) is 0 Å². The van der Waals surface area contributed by atoms with Gasteiger partial charge < -0.3 is 4.57 Å². The summed E-state index contributed by atoms with van der Waals surface area (Å²) >= 11 is 0. The van der Waals surface area contributed by atoms with Gasteiger partial charge in [-0.25, -0.2) is 0 Å². The molecule has 0 saturated heterocycles. The van der Waals surface area contributed by atoms with E-state index in [1.807, 2.05) is 0 Å². The highest BCUT2D eigenvalue weighted by atomic mass is 31.2. The number of rotatable bonds is 18. The lowest BCUT2D eigenvalue weighted by molar-refractivity contribution is 0.521. The van der Waals surface area contributed by atoms with Crippen molar-refractivity contribution in [2.75, 3.05) is 18.5 Å². The van der Waals surface area contributed by atoms with Gasteiger partial charge in [0.05, 0.1) is 7.14 Å². The van der Waals surface area contributed by atoms with Crippen molar-refractivity contribution in [1.29, 1.82) is 0 Å². The molecule has 0 rings (SSSR count). The van der Waals surface area contributed by atoms with Gasteiger partial charge in [0.2, 0.25) is 0 Å². The molecule has 0 aromatic carbocycles. The van der Waals surface area contributed by atoms with Crippen molar-refractivity contribution in [1.82, 2.24) is 0 Å². The van der Waals surface area contributed by atoms with Crippen LogP contribution in [0.25, 0.3) is 0 Å². The van der Waals surface area contributed by atoms with Gasteiger partial charge in [-0.15, -0.1) is 0 Å². The third-order valence-corrected chi connectivity index (χ3v) is 8.94. The summed E-state index contributed by atoms with van der Waals surface area (Å²) < 4.78 is 13.5. The third-order valence-electron chi connectivity index (χ3n) is 5.54. The van der Waals surface area contributed by atoms with Crippen LogP contribution in [0.15, 0.2) is 0 Å². The van der Waals surface area contributed by atoms with Crippen molar-refractivity contribution in [3.05, 3.63) is 0 Å². The van der Waals surface area contributed by atoms with E-state index >= 15 is 0 Å². The van der Waals surface area contributed by atoms with Gasteiger partial charge in [-0.3, -0.25) is 0 Å². The van der Waals surface area contributed by atoms with Crippen LogP contribution in [0.1, 0.15) is 119 Å². The van der Waals surface area contributed by atoms with E-state index in [4.69, 9.17) is 0 Å². The molecule has 158 valence electrons. The molecule has 0 aliphatic carbocycles. The lowest BCUT2D eigenvalue weighted by Crippen LogP contribution is -2.02. The van der Waals surface area contributed by atoms with E-state index in [0.717, 1.165) is 36.2 Å². The fraction of sp³-hybridized carbons (Fsp3) is 1.00. The standard InChI is InChI=1S/C24H51OP/c1-22(2)16-10-7-13-19-26(25,20-14-8-11-17-23(3)4)21-15-9-12-18-24(5)6/h22-24H,7-21H2,1-6H3. The fourth-order valence-corrected chi connectivity index (χ4v) is 6.79. The minimum atomic E-state index is -1.91. The average Bonchev–Trinajstić information content (AvgIpc) is 2.53. The Morgan fingerprint density at radius 2 is 0.731 bits per heavy atom. The highest BCUT2D eigenvalue weighted by molar-refractivity contribution is 7.63. The first-order valence-corrected chi connectivity index (χ1v) is 14.1. The molecule has 0 aliphatic rings. The molecule has 0 aliphatic heterocycles. The van der Waals surface area contributed by atoms with Crippen molar-refractivity contribution in [3.8, 4) is 0 Å². The molecule has 0 saturated carbocycles. The molecule has 2 heteroatoms. The zero-order valence-corrected chi connectivity index (χ0v) is 20.1. The quantitative estimate of drug-likeness (QED) is 0.170. The molecule has 0 spiro atoms. The first-order valence-electron chi connectivity index (χ1n) is 11.8. The minimum Gasteiger partial charge on any atom is -0.324 e. The van der Waals surface area contributed by atoms with Gasteiger partial charge >= 0.3 is 0 Å². The summed E-state index contributed by atoms with van der Waals surface area (Å²) in [4.78, 5) is 0. The summed E-state index contributed by atoms with van der Waals surface area (Å²) in [5.74, 6) is 2.43. The zero-order valence-electron chi connectivity index (χ0n) is 19.2. The van der Waals surface area contributed by atoms with Gasteiger partial charge in [-0.2, -0.15) is 0 Å². The smallest absolute Gasteiger partial charge is 0.0877 e. The van der Waals surface area contributed by atoms with Crippen LogP contribution in [-0.4, -0.2) is 18.5 Å². The Bertz CT molecular complexity index is 294. The molecule has 0 heterocycles. The Morgan fingerprint density at radius 1 is 0.462 bits per heavy atom. The second-order valence-corrected chi connectivity index (χ2v) is 13.4. The van der Waals surface area contributed by atoms with Crippen LogP contribution in [0.4, 0.5) is 0 Å². The summed E-state index contributed by atoms with van der Waals surface area (Å²) in [5, 5.41) is 0. The van der Waals surface area contributed by atoms with Gasteiger partial charge in [0.25, 0.3) is 0 Å². The van der Waals surface area contributed by atoms with Crippen LogP contribution in [0.5, 0.6) is 0 Å². The van der Waals surface area contributed by atoms with Crippen LogP contribution in [-0.2, 0) is 4.57 Å². The molecule has 0 atom stereocenters. The molecular weight excluding hydrogens is 335 g/mol. The maximum atomic E-state index is 13.5. The molecule has 26 heavy (non-hydrogen) atoms. The molecule has 0 aromatic heterocycles. The molecule has 0 fully saturated rings. The summed E-state index contributed by atoms with van der Waals surface area (Å²) in [6.07, 6.45) is 18.5. The van der Waals surface area contributed by atoms with Crippen LogP contribution >= 0.6 is 7.14 Å². The molecule has 0 radical (unpaired) electrons. The monoisotopic (exact) mass is 386 g/mol. The zero-order chi connectivity index (χ0) is 19.8. The third kappa shape index (κ3) is 17.6. The van der Waals surface area contributed by atoms with E-state index in [-0.39, 0.29) is 0 Å². The Morgan fingerprint density at radius 3 is 0.962 bits per heavy atom. The van der Waals surface area contributed by atoms with Crippen LogP contribution < -0.4 is 0 Å².